The predicted molar refractivity (Wildman–Crippen MR) is 48.6 cm³/mol. The summed E-state index contributed by atoms with van der Waals surface area (Å²) in [6.45, 7) is 2.77. The van der Waals surface area contributed by atoms with Crippen molar-refractivity contribution in [2.45, 2.75) is 19.4 Å². The van der Waals surface area contributed by atoms with Crippen molar-refractivity contribution in [3.63, 3.8) is 0 Å². The topological polar surface area (TPSA) is 42.8 Å². The van der Waals surface area contributed by atoms with Crippen LogP contribution >= 0.6 is 12.2 Å². The summed E-state index contributed by atoms with van der Waals surface area (Å²) in [5, 5.41) is 6.57. The van der Waals surface area contributed by atoms with Crippen LogP contribution in [0.5, 0.6) is 0 Å². The van der Waals surface area contributed by atoms with Gasteiger partial charge in [0, 0.05) is 7.11 Å². The van der Waals surface area contributed by atoms with Gasteiger partial charge >= 0.3 is 0 Å². The highest BCUT2D eigenvalue weighted by molar-refractivity contribution is 7.71. The lowest BCUT2D eigenvalue weighted by atomic mass is 10.2. The monoisotopic (exact) mass is 187 g/mol. The van der Waals surface area contributed by atoms with Gasteiger partial charge in [0.05, 0.1) is 12.6 Å². The number of aromatic nitrogens is 3. The van der Waals surface area contributed by atoms with E-state index in [-0.39, 0.29) is 0 Å². The van der Waals surface area contributed by atoms with Gasteiger partial charge in [-0.1, -0.05) is 6.92 Å². The van der Waals surface area contributed by atoms with Gasteiger partial charge in [0.1, 0.15) is 6.33 Å². The van der Waals surface area contributed by atoms with E-state index in [1.54, 1.807) is 13.4 Å². The minimum atomic E-state index is 0.293. The van der Waals surface area contributed by atoms with E-state index in [1.807, 2.05) is 4.57 Å². The third-order valence-corrected chi connectivity index (χ3v) is 2.10. The summed E-state index contributed by atoms with van der Waals surface area (Å²) in [4.78, 5) is 0. The fraction of sp³-hybridized carbons (Fsp3) is 0.714. The lowest BCUT2D eigenvalue weighted by molar-refractivity contribution is 0.152. The number of nitrogens with one attached hydrogen (secondary N) is 1. The second-order valence-corrected chi connectivity index (χ2v) is 2.97. The maximum Gasteiger partial charge on any atom is 0.195 e. The molecule has 5 heteroatoms. The summed E-state index contributed by atoms with van der Waals surface area (Å²) in [7, 11) is 1.69. The van der Waals surface area contributed by atoms with Crippen LogP contribution in [0.1, 0.15) is 19.4 Å². The Bertz CT molecular complexity index is 280. The molecule has 0 saturated carbocycles. The molecule has 0 fully saturated rings. The third kappa shape index (κ3) is 1.92. The summed E-state index contributed by atoms with van der Waals surface area (Å²) in [5.41, 5.74) is 0. The van der Waals surface area contributed by atoms with Crippen LogP contribution < -0.4 is 0 Å². The molecule has 1 rings (SSSR count). The maximum atomic E-state index is 5.06. The van der Waals surface area contributed by atoms with Crippen molar-refractivity contribution in [3.05, 3.63) is 11.1 Å². The van der Waals surface area contributed by atoms with Gasteiger partial charge < -0.3 is 9.30 Å². The molecular weight excluding hydrogens is 174 g/mol. The molecule has 1 N–H and O–H groups in total. The van der Waals surface area contributed by atoms with Crippen LogP contribution in [0, 0.1) is 4.77 Å². The van der Waals surface area contributed by atoms with Gasteiger partial charge in [-0.25, -0.2) is 0 Å². The van der Waals surface area contributed by atoms with E-state index in [1.165, 1.54) is 0 Å². The van der Waals surface area contributed by atoms with E-state index in [2.05, 4.69) is 17.1 Å². The molecule has 1 heterocycles. The molecule has 0 spiro atoms. The van der Waals surface area contributed by atoms with Gasteiger partial charge in [-0.2, -0.15) is 5.10 Å². The van der Waals surface area contributed by atoms with E-state index in [4.69, 9.17) is 17.0 Å². The van der Waals surface area contributed by atoms with Crippen LogP contribution in [0.4, 0.5) is 0 Å². The average Bonchev–Trinajstić information content (AvgIpc) is 2.47. The Morgan fingerprint density at radius 3 is 3.00 bits per heavy atom. The molecule has 0 aliphatic carbocycles. The molecule has 1 unspecified atom stereocenters. The zero-order valence-corrected chi connectivity index (χ0v) is 8.10. The standard InChI is InChI=1S/C7H13N3OS/c1-3-6(4-11-2)10-5-8-9-7(10)12/h5-6H,3-4H2,1-2H3,(H,9,12). The Morgan fingerprint density at radius 1 is 1.83 bits per heavy atom. The van der Waals surface area contributed by atoms with Gasteiger partial charge in [-0.05, 0) is 18.6 Å². The largest absolute Gasteiger partial charge is 0.383 e. The van der Waals surface area contributed by atoms with Crippen molar-refractivity contribution in [1.29, 1.82) is 0 Å². The van der Waals surface area contributed by atoms with Gasteiger partial charge in [-0.15, -0.1) is 0 Å². The van der Waals surface area contributed by atoms with Crippen molar-refractivity contribution in [1.82, 2.24) is 14.8 Å². The summed E-state index contributed by atoms with van der Waals surface area (Å²) >= 11 is 5.03. The second-order valence-electron chi connectivity index (χ2n) is 2.59. The first-order chi connectivity index (χ1) is 5.79. The molecule has 0 saturated heterocycles. The number of aromatic amines is 1. The van der Waals surface area contributed by atoms with Gasteiger partial charge in [-0.3, -0.25) is 5.10 Å². The third-order valence-electron chi connectivity index (χ3n) is 1.80. The van der Waals surface area contributed by atoms with Crippen LogP contribution in [0.15, 0.2) is 6.33 Å². The van der Waals surface area contributed by atoms with E-state index in [0.29, 0.717) is 17.4 Å². The summed E-state index contributed by atoms with van der Waals surface area (Å²) in [6.07, 6.45) is 2.69. The molecular formula is C7H13N3OS. The van der Waals surface area contributed by atoms with Crippen LogP contribution in [0.3, 0.4) is 0 Å². The lowest BCUT2D eigenvalue weighted by Gasteiger charge is -2.13. The van der Waals surface area contributed by atoms with Crippen LogP contribution in [0.25, 0.3) is 0 Å². The van der Waals surface area contributed by atoms with Crippen LogP contribution in [-0.4, -0.2) is 28.5 Å². The first kappa shape index (κ1) is 9.41. The molecule has 0 bridgehead atoms. The minimum absolute atomic E-state index is 0.293. The Labute approximate surface area is 76.6 Å². The highest BCUT2D eigenvalue weighted by atomic mass is 32.1. The molecule has 0 amide bonds. The first-order valence-corrected chi connectivity index (χ1v) is 4.30. The SMILES string of the molecule is CCC(COC)n1cn[nH]c1=S. The Kier molecular flexibility index (Phi) is 3.43. The number of ether oxygens (including phenoxy) is 1. The highest BCUT2D eigenvalue weighted by Gasteiger charge is 2.08. The number of nitrogens with zero attached hydrogens (tertiary/aromatic N) is 2. The smallest absolute Gasteiger partial charge is 0.195 e. The molecule has 0 aliphatic heterocycles. The van der Waals surface area contributed by atoms with E-state index in [9.17, 15) is 0 Å². The Hall–Kier alpha value is -0.680. The van der Waals surface area contributed by atoms with Crippen molar-refractivity contribution in [3.8, 4) is 0 Å². The number of H-pyrrole nitrogens is 1. The molecule has 1 aromatic heterocycles. The van der Waals surface area contributed by atoms with Crippen LogP contribution in [-0.2, 0) is 4.74 Å². The van der Waals surface area contributed by atoms with Crippen molar-refractivity contribution >= 4 is 12.2 Å². The fourth-order valence-electron chi connectivity index (χ4n) is 1.10. The molecule has 12 heavy (non-hydrogen) atoms. The molecule has 68 valence electrons. The summed E-state index contributed by atoms with van der Waals surface area (Å²) in [6, 6.07) is 0.293. The molecule has 1 atom stereocenters. The van der Waals surface area contributed by atoms with Gasteiger partial charge in [0.15, 0.2) is 4.77 Å². The zero-order chi connectivity index (χ0) is 8.97. The number of hydrogen-bond donors (Lipinski definition) is 1. The summed E-state index contributed by atoms with van der Waals surface area (Å²) in [5.74, 6) is 0. The van der Waals surface area contributed by atoms with E-state index in [0.717, 1.165) is 6.42 Å². The van der Waals surface area contributed by atoms with Crippen molar-refractivity contribution in [2.75, 3.05) is 13.7 Å². The molecule has 0 radical (unpaired) electrons. The average molecular weight is 187 g/mol. The first-order valence-electron chi connectivity index (χ1n) is 3.90. The zero-order valence-electron chi connectivity index (χ0n) is 7.28. The van der Waals surface area contributed by atoms with Gasteiger partial charge in [0.25, 0.3) is 0 Å². The lowest BCUT2D eigenvalue weighted by Crippen LogP contribution is -2.12. The molecule has 0 aromatic carbocycles. The number of rotatable bonds is 4. The maximum absolute atomic E-state index is 5.06. The number of methoxy groups -OCH3 is 1. The molecule has 0 aliphatic rings. The molecule has 1 aromatic rings. The van der Waals surface area contributed by atoms with Gasteiger partial charge in [0.2, 0.25) is 0 Å². The minimum Gasteiger partial charge on any atom is -0.383 e. The predicted octanol–water partition coefficient (Wildman–Crippen LogP) is 1.54. The fourth-order valence-corrected chi connectivity index (χ4v) is 1.35. The van der Waals surface area contributed by atoms with Crippen LogP contribution in [0.2, 0.25) is 0 Å². The van der Waals surface area contributed by atoms with Crippen molar-refractivity contribution in [2.24, 2.45) is 0 Å². The molecule has 4 nitrogen and oxygen atoms in total. The van der Waals surface area contributed by atoms with E-state index >= 15 is 0 Å². The number of hydrogen-bond acceptors (Lipinski definition) is 3. The summed E-state index contributed by atoms with van der Waals surface area (Å²) < 4.78 is 7.63. The van der Waals surface area contributed by atoms with E-state index < -0.39 is 0 Å². The quantitative estimate of drug-likeness (QED) is 0.727. The Balaban J connectivity index is 2.79. The van der Waals surface area contributed by atoms with Crippen molar-refractivity contribution < 1.29 is 4.74 Å². The Morgan fingerprint density at radius 2 is 2.58 bits per heavy atom. The highest BCUT2D eigenvalue weighted by Crippen LogP contribution is 2.10. The normalized spacial score (nSPS) is 13.2. The second kappa shape index (κ2) is 4.37.